The number of ether oxygens (including phenoxy) is 1. The number of nitrogens with one attached hydrogen (secondary N) is 1. The number of ketones is 1. The molecule has 2 heterocycles. The van der Waals surface area contributed by atoms with Crippen LogP contribution in [-0.4, -0.2) is 27.2 Å². The van der Waals surface area contributed by atoms with Gasteiger partial charge in [-0.25, -0.2) is 9.78 Å². The van der Waals surface area contributed by atoms with Crippen molar-refractivity contribution in [3.63, 3.8) is 0 Å². The molecule has 0 spiro atoms. The number of carbonyl (C=O) groups is 3. The van der Waals surface area contributed by atoms with Crippen LogP contribution in [0.5, 0.6) is 0 Å². The number of esters is 1. The molecule has 0 aliphatic rings. The second-order valence-electron chi connectivity index (χ2n) is 8.05. The van der Waals surface area contributed by atoms with Gasteiger partial charge in [0, 0.05) is 18.2 Å². The van der Waals surface area contributed by atoms with Gasteiger partial charge in [0.25, 0.3) is 5.56 Å². The topological polar surface area (TPSA) is 107 Å². The third-order valence-corrected chi connectivity index (χ3v) is 6.74. The van der Waals surface area contributed by atoms with Gasteiger partial charge in [0.15, 0.2) is 5.78 Å². The van der Waals surface area contributed by atoms with Gasteiger partial charge in [-0.2, -0.15) is 0 Å². The lowest BCUT2D eigenvalue weighted by Gasteiger charge is -2.14. The molecular formula is C26H23N3O5S. The smallest absolute Gasteiger partial charge is 0.349 e. The normalized spacial score (nSPS) is 11.7. The Hall–Kier alpha value is -4.11. The van der Waals surface area contributed by atoms with Gasteiger partial charge in [-0.1, -0.05) is 30.3 Å². The molecule has 0 aliphatic carbocycles. The van der Waals surface area contributed by atoms with Crippen LogP contribution in [0.2, 0.25) is 0 Å². The van der Waals surface area contributed by atoms with Gasteiger partial charge in [0.2, 0.25) is 5.91 Å². The number of benzene rings is 2. The molecular weight excluding hydrogens is 466 g/mol. The van der Waals surface area contributed by atoms with E-state index in [4.69, 9.17) is 4.74 Å². The molecule has 35 heavy (non-hydrogen) atoms. The summed E-state index contributed by atoms with van der Waals surface area (Å²) in [5.74, 6) is -1.01. The Morgan fingerprint density at radius 2 is 1.77 bits per heavy atom. The molecule has 4 rings (SSSR count). The largest absolute Gasteiger partial charge is 0.457 e. The number of amides is 1. The van der Waals surface area contributed by atoms with Gasteiger partial charge < -0.3 is 10.1 Å². The van der Waals surface area contributed by atoms with E-state index >= 15 is 0 Å². The lowest BCUT2D eigenvalue weighted by Crippen LogP contribution is -2.28. The number of carbonyl (C=O) groups excluding carboxylic acids is 3. The monoisotopic (exact) mass is 489 g/mol. The van der Waals surface area contributed by atoms with Crippen LogP contribution in [0.15, 0.2) is 65.7 Å². The molecule has 0 aliphatic heterocycles. The summed E-state index contributed by atoms with van der Waals surface area (Å²) in [4.78, 5) is 55.3. The molecule has 8 nitrogen and oxygen atoms in total. The minimum atomic E-state index is -0.821. The van der Waals surface area contributed by atoms with E-state index in [0.29, 0.717) is 31.9 Å². The third-order valence-electron chi connectivity index (χ3n) is 5.56. The fraction of sp³-hybridized carbons (Fsp3) is 0.192. The predicted octanol–water partition coefficient (Wildman–Crippen LogP) is 4.53. The molecule has 1 amide bonds. The first-order chi connectivity index (χ1) is 16.8. The van der Waals surface area contributed by atoms with Crippen molar-refractivity contribution in [2.45, 2.75) is 33.4 Å². The van der Waals surface area contributed by atoms with Crippen LogP contribution in [-0.2, 0) is 16.1 Å². The first-order valence-corrected chi connectivity index (χ1v) is 11.7. The lowest BCUT2D eigenvalue weighted by molar-refractivity contribution is -0.114. The van der Waals surface area contributed by atoms with E-state index in [2.05, 4.69) is 10.3 Å². The van der Waals surface area contributed by atoms with Crippen LogP contribution in [0.1, 0.15) is 51.0 Å². The van der Waals surface area contributed by atoms with Gasteiger partial charge in [0.05, 0.1) is 17.8 Å². The van der Waals surface area contributed by atoms with Crippen LogP contribution < -0.4 is 10.9 Å². The maximum absolute atomic E-state index is 13.3. The van der Waals surface area contributed by atoms with Gasteiger partial charge in [0.1, 0.15) is 16.3 Å². The van der Waals surface area contributed by atoms with Crippen LogP contribution in [0, 0.1) is 6.92 Å². The van der Waals surface area contributed by atoms with Gasteiger partial charge in [-0.15, -0.1) is 11.3 Å². The standard InChI is InChI=1S/C26H23N3O5S/c1-15-21-24(35-23(15)26(33)34-13-18-7-5-4-6-8-18)27-14-29(25(21)32)16(2)22(31)19-9-11-20(12-10-19)28-17(3)30/h4-12,14,16H,13H2,1-3H3,(H,28,30). The number of nitrogens with zero attached hydrogens (tertiary/aromatic N) is 2. The second kappa shape index (κ2) is 10.0. The third kappa shape index (κ3) is 5.04. The first kappa shape index (κ1) is 24.0. The number of aryl methyl sites for hydroxylation is 1. The molecule has 9 heteroatoms. The van der Waals surface area contributed by atoms with Gasteiger partial charge >= 0.3 is 5.97 Å². The Balaban J connectivity index is 1.58. The first-order valence-electron chi connectivity index (χ1n) is 10.9. The molecule has 1 atom stereocenters. The summed E-state index contributed by atoms with van der Waals surface area (Å²) in [6, 6.07) is 14.9. The van der Waals surface area contributed by atoms with Crippen molar-refractivity contribution in [1.29, 1.82) is 0 Å². The van der Waals surface area contributed by atoms with E-state index in [1.165, 1.54) is 17.8 Å². The summed E-state index contributed by atoms with van der Waals surface area (Å²) < 4.78 is 6.70. The summed E-state index contributed by atoms with van der Waals surface area (Å²) in [5.41, 5.74) is 1.90. The molecule has 4 aromatic rings. The highest BCUT2D eigenvalue weighted by Gasteiger charge is 2.24. The minimum Gasteiger partial charge on any atom is -0.457 e. The quantitative estimate of drug-likeness (QED) is 0.302. The van der Waals surface area contributed by atoms with E-state index in [9.17, 15) is 19.2 Å². The zero-order valence-corrected chi connectivity index (χ0v) is 20.2. The number of Topliss-reactive ketones (excluding diaryl/α,β-unsaturated/α-hetero) is 1. The van der Waals surface area contributed by atoms with Crippen molar-refractivity contribution in [2.24, 2.45) is 0 Å². The number of anilines is 1. The van der Waals surface area contributed by atoms with Crippen molar-refractivity contribution in [1.82, 2.24) is 9.55 Å². The number of hydrogen-bond donors (Lipinski definition) is 1. The molecule has 178 valence electrons. The molecule has 0 fully saturated rings. The highest BCUT2D eigenvalue weighted by Crippen LogP contribution is 2.28. The highest BCUT2D eigenvalue weighted by atomic mass is 32.1. The average Bonchev–Trinajstić information content (AvgIpc) is 3.20. The van der Waals surface area contributed by atoms with Crippen LogP contribution in [0.3, 0.4) is 0 Å². The summed E-state index contributed by atoms with van der Waals surface area (Å²) in [6.45, 7) is 4.82. The molecule has 0 saturated heterocycles. The van der Waals surface area contributed by atoms with Crippen molar-refractivity contribution < 1.29 is 19.1 Å². The summed E-state index contributed by atoms with van der Waals surface area (Å²) in [6.07, 6.45) is 1.33. The molecule has 2 aromatic heterocycles. The van der Waals surface area contributed by atoms with Crippen LogP contribution in [0.4, 0.5) is 5.69 Å². The number of aromatic nitrogens is 2. The van der Waals surface area contributed by atoms with Crippen molar-refractivity contribution in [2.75, 3.05) is 5.32 Å². The SMILES string of the molecule is CC(=O)Nc1ccc(C(=O)C(C)n2cnc3sc(C(=O)OCc4ccccc4)c(C)c3c2=O)cc1. The second-order valence-corrected chi connectivity index (χ2v) is 9.05. The van der Waals surface area contributed by atoms with E-state index in [1.807, 2.05) is 30.3 Å². The fourth-order valence-electron chi connectivity index (χ4n) is 3.69. The number of rotatable bonds is 7. The molecule has 0 radical (unpaired) electrons. The lowest BCUT2D eigenvalue weighted by atomic mass is 10.0. The number of hydrogen-bond acceptors (Lipinski definition) is 7. The zero-order valence-electron chi connectivity index (χ0n) is 19.4. The Bertz CT molecular complexity index is 1470. The van der Waals surface area contributed by atoms with E-state index in [1.54, 1.807) is 38.1 Å². The van der Waals surface area contributed by atoms with Crippen LogP contribution in [0.25, 0.3) is 10.2 Å². The van der Waals surface area contributed by atoms with E-state index < -0.39 is 17.6 Å². The Morgan fingerprint density at radius 3 is 2.43 bits per heavy atom. The minimum absolute atomic E-state index is 0.122. The molecule has 2 aromatic carbocycles. The van der Waals surface area contributed by atoms with Gasteiger partial charge in [-0.05, 0) is 49.2 Å². The highest BCUT2D eigenvalue weighted by molar-refractivity contribution is 7.20. The van der Waals surface area contributed by atoms with E-state index in [0.717, 1.165) is 16.9 Å². The average molecular weight is 490 g/mol. The van der Waals surface area contributed by atoms with Crippen LogP contribution >= 0.6 is 11.3 Å². The fourth-order valence-corrected chi connectivity index (χ4v) is 4.72. The summed E-state index contributed by atoms with van der Waals surface area (Å²) >= 11 is 1.09. The Labute approximate surface area is 205 Å². The predicted molar refractivity (Wildman–Crippen MR) is 134 cm³/mol. The Morgan fingerprint density at radius 1 is 1.09 bits per heavy atom. The summed E-state index contributed by atoms with van der Waals surface area (Å²) in [5, 5.41) is 2.94. The molecule has 1 N–H and O–H groups in total. The number of fused-ring (bicyclic) bond motifs is 1. The summed E-state index contributed by atoms with van der Waals surface area (Å²) in [7, 11) is 0. The van der Waals surface area contributed by atoms with Crippen molar-refractivity contribution >= 4 is 44.9 Å². The van der Waals surface area contributed by atoms with Crippen molar-refractivity contribution in [3.8, 4) is 0 Å². The zero-order chi connectivity index (χ0) is 25.1. The van der Waals surface area contributed by atoms with E-state index in [-0.39, 0.29) is 18.3 Å². The maximum Gasteiger partial charge on any atom is 0.349 e. The molecule has 1 unspecified atom stereocenters. The number of thiophene rings is 1. The Kier molecular flexibility index (Phi) is 6.88. The molecule has 0 bridgehead atoms. The van der Waals surface area contributed by atoms with Gasteiger partial charge in [-0.3, -0.25) is 19.0 Å². The maximum atomic E-state index is 13.3. The molecule has 0 saturated carbocycles. The van der Waals surface area contributed by atoms with Crippen molar-refractivity contribution in [3.05, 3.63) is 92.8 Å².